The molecule has 0 fully saturated rings. The van der Waals surface area contributed by atoms with Crippen LogP contribution in [0.3, 0.4) is 0 Å². The summed E-state index contributed by atoms with van der Waals surface area (Å²) in [6.45, 7) is 0.931. The molecule has 1 aromatic rings. The Kier molecular flexibility index (Phi) is 3.49. The summed E-state index contributed by atoms with van der Waals surface area (Å²) in [7, 11) is 0. The van der Waals surface area contributed by atoms with Crippen LogP contribution in [0.4, 0.5) is 18.9 Å². The summed E-state index contributed by atoms with van der Waals surface area (Å²) in [4.78, 5) is 0. The van der Waals surface area contributed by atoms with Gasteiger partial charge in [-0.1, -0.05) is 15.9 Å². The lowest BCUT2D eigenvalue weighted by molar-refractivity contribution is -0.189. The summed E-state index contributed by atoms with van der Waals surface area (Å²) in [6, 6.07) is 4.50. The van der Waals surface area contributed by atoms with Gasteiger partial charge in [-0.2, -0.15) is 13.2 Å². The Morgan fingerprint density at radius 2 is 2.00 bits per heavy atom. The summed E-state index contributed by atoms with van der Waals surface area (Å²) < 4.78 is 41.9. The maximum atomic E-state index is 12.2. The summed E-state index contributed by atoms with van der Waals surface area (Å²) in [6.07, 6.45) is -6.27. The largest absolute Gasteiger partial charge is 0.479 e. The highest BCUT2D eigenvalue weighted by Gasteiger charge is 2.38. The molecule has 0 bridgehead atoms. The third-order valence-corrected chi connectivity index (χ3v) is 2.23. The van der Waals surface area contributed by atoms with Crippen molar-refractivity contribution in [3.63, 3.8) is 0 Å². The summed E-state index contributed by atoms with van der Waals surface area (Å²) in [5.74, 6) is 0.0224. The zero-order valence-corrected chi connectivity index (χ0v) is 9.39. The molecule has 6 heteroatoms. The van der Waals surface area contributed by atoms with Gasteiger partial charge in [0.05, 0.1) is 5.69 Å². The maximum Gasteiger partial charge on any atom is 0.425 e. The Hall–Kier alpha value is -0.910. The highest BCUT2D eigenvalue weighted by Crippen LogP contribution is 2.30. The minimum Gasteiger partial charge on any atom is -0.479 e. The number of rotatable bonds is 2. The molecule has 84 valence electrons. The van der Waals surface area contributed by atoms with Gasteiger partial charge in [-0.3, -0.25) is 0 Å². The van der Waals surface area contributed by atoms with Gasteiger partial charge < -0.3 is 10.5 Å². The second-order valence-electron chi connectivity index (χ2n) is 2.98. The molecule has 0 aliphatic carbocycles. The van der Waals surface area contributed by atoms with Gasteiger partial charge in [-0.15, -0.1) is 0 Å². The van der Waals surface area contributed by atoms with Crippen molar-refractivity contribution in [2.75, 3.05) is 5.73 Å². The monoisotopic (exact) mass is 283 g/mol. The van der Waals surface area contributed by atoms with Crippen molar-refractivity contribution in [2.24, 2.45) is 0 Å². The first-order valence-electron chi connectivity index (χ1n) is 4.09. The van der Waals surface area contributed by atoms with E-state index in [4.69, 9.17) is 10.5 Å². The Morgan fingerprint density at radius 3 is 2.53 bits per heavy atom. The molecular weight excluding hydrogens is 275 g/mol. The minimum atomic E-state index is -4.39. The topological polar surface area (TPSA) is 35.2 Å². The molecule has 1 rings (SSSR count). The van der Waals surface area contributed by atoms with Crippen LogP contribution in [0.25, 0.3) is 0 Å². The molecule has 0 aromatic heterocycles. The average molecular weight is 284 g/mol. The zero-order valence-electron chi connectivity index (χ0n) is 7.81. The van der Waals surface area contributed by atoms with E-state index in [0.717, 1.165) is 6.92 Å². The fraction of sp³-hybridized carbons (Fsp3) is 0.333. The van der Waals surface area contributed by atoms with Crippen LogP contribution >= 0.6 is 15.9 Å². The van der Waals surface area contributed by atoms with E-state index >= 15 is 0 Å². The first kappa shape index (κ1) is 12.2. The predicted molar refractivity (Wildman–Crippen MR) is 54.7 cm³/mol. The molecule has 0 aliphatic heterocycles. The highest BCUT2D eigenvalue weighted by atomic mass is 79.9. The average Bonchev–Trinajstić information content (AvgIpc) is 2.09. The summed E-state index contributed by atoms with van der Waals surface area (Å²) in [5, 5.41) is 0. The first-order valence-corrected chi connectivity index (χ1v) is 4.88. The van der Waals surface area contributed by atoms with Crippen molar-refractivity contribution in [1.29, 1.82) is 0 Å². The molecule has 0 amide bonds. The minimum absolute atomic E-state index is 0.0224. The molecule has 1 atom stereocenters. The molecule has 0 spiro atoms. The van der Waals surface area contributed by atoms with Gasteiger partial charge in [-0.25, -0.2) is 0 Å². The first-order chi connectivity index (χ1) is 6.80. The summed E-state index contributed by atoms with van der Waals surface area (Å²) >= 11 is 3.12. The van der Waals surface area contributed by atoms with E-state index in [2.05, 4.69) is 15.9 Å². The smallest absolute Gasteiger partial charge is 0.425 e. The van der Waals surface area contributed by atoms with Crippen LogP contribution in [0.2, 0.25) is 0 Å². The van der Waals surface area contributed by atoms with Crippen molar-refractivity contribution in [3.05, 3.63) is 22.7 Å². The van der Waals surface area contributed by atoms with Crippen LogP contribution in [0.1, 0.15) is 6.92 Å². The van der Waals surface area contributed by atoms with Gasteiger partial charge in [0.15, 0.2) is 6.10 Å². The second-order valence-corrected chi connectivity index (χ2v) is 3.90. The van der Waals surface area contributed by atoms with Crippen LogP contribution in [0.5, 0.6) is 5.75 Å². The number of ether oxygens (including phenoxy) is 1. The molecule has 1 unspecified atom stereocenters. The molecular formula is C9H9BrF3NO. The molecule has 0 saturated heterocycles. The number of hydrogen-bond donors (Lipinski definition) is 1. The van der Waals surface area contributed by atoms with E-state index in [1.807, 2.05) is 0 Å². The quantitative estimate of drug-likeness (QED) is 0.845. The molecule has 2 N–H and O–H groups in total. The van der Waals surface area contributed by atoms with Gasteiger partial charge in [0.1, 0.15) is 5.75 Å². The van der Waals surface area contributed by atoms with Gasteiger partial charge in [0.25, 0.3) is 0 Å². The van der Waals surface area contributed by atoms with E-state index in [9.17, 15) is 13.2 Å². The number of halogens is 4. The predicted octanol–water partition coefficient (Wildman–Crippen LogP) is 3.36. The third kappa shape index (κ3) is 3.30. The van der Waals surface area contributed by atoms with E-state index in [0.29, 0.717) is 4.47 Å². The molecule has 1 aromatic carbocycles. The standard InChI is InChI=1S/C9H9BrF3NO/c1-5(9(11,12)13)15-8-4-6(10)2-3-7(8)14/h2-5H,14H2,1H3. The lowest BCUT2D eigenvalue weighted by atomic mass is 10.3. The molecule has 0 aliphatic rings. The summed E-state index contributed by atoms with van der Waals surface area (Å²) in [5.41, 5.74) is 5.64. The van der Waals surface area contributed by atoms with Gasteiger partial charge in [0.2, 0.25) is 0 Å². The third-order valence-electron chi connectivity index (χ3n) is 1.74. The Morgan fingerprint density at radius 1 is 1.40 bits per heavy atom. The fourth-order valence-electron chi connectivity index (χ4n) is 0.868. The molecule has 2 nitrogen and oxygen atoms in total. The Labute approximate surface area is 93.3 Å². The molecule has 0 saturated carbocycles. The Bertz CT molecular complexity index is 354. The maximum absolute atomic E-state index is 12.2. The van der Waals surface area contributed by atoms with Crippen molar-refractivity contribution in [2.45, 2.75) is 19.2 Å². The van der Waals surface area contributed by atoms with Gasteiger partial charge in [0, 0.05) is 4.47 Å². The lowest BCUT2D eigenvalue weighted by Gasteiger charge is -2.18. The van der Waals surface area contributed by atoms with E-state index in [-0.39, 0.29) is 11.4 Å². The number of anilines is 1. The van der Waals surface area contributed by atoms with Crippen molar-refractivity contribution in [3.8, 4) is 5.75 Å². The van der Waals surface area contributed by atoms with Crippen LogP contribution in [-0.4, -0.2) is 12.3 Å². The van der Waals surface area contributed by atoms with Crippen LogP contribution in [0.15, 0.2) is 22.7 Å². The van der Waals surface area contributed by atoms with Crippen molar-refractivity contribution >= 4 is 21.6 Å². The van der Waals surface area contributed by atoms with Gasteiger partial charge in [-0.05, 0) is 25.1 Å². The normalized spacial score (nSPS) is 13.7. The van der Waals surface area contributed by atoms with Crippen molar-refractivity contribution in [1.82, 2.24) is 0 Å². The lowest BCUT2D eigenvalue weighted by Crippen LogP contribution is -2.31. The van der Waals surface area contributed by atoms with Crippen LogP contribution in [-0.2, 0) is 0 Å². The number of alkyl halides is 3. The number of nitrogens with two attached hydrogens (primary N) is 1. The Balaban J connectivity index is 2.85. The van der Waals surface area contributed by atoms with Gasteiger partial charge >= 0.3 is 6.18 Å². The van der Waals surface area contributed by atoms with Crippen molar-refractivity contribution < 1.29 is 17.9 Å². The SMILES string of the molecule is CC(Oc1cc(Br)ccc1N)C(F)(F)F. The highest BCUT2D eigenvalue weighted by molar-refractivity contribution is 9.10. The van der Waals surface area contributed by atoms with E-state index < -0.39 is 12.3 Å². The number of hydrogen-bond acceptors (Lipinski definition) is 2. The molecule has 0 heterocycles. The van der Waals surface area contributed by atoms with Crippen LogP contribution in [0, 0.1) is 0 Å². The fourth-order valence-corrected chi connectivity index (χ4v) is 1.21. The van der Waals surface area contributed by atoms with E-state index in [1.165, 1.54) is 12.1 Å². The zero-order chi connectivity index (χ0) is 11.6. The number of nitrogen functional groups attached to an aromatic ring is 1. The van der Waals surface area contributed by atoms with Crippen LogP contribution < -0.4 is 10.5 Å². The molecule has 0 radical (unpaired) electrons. The van der Waals surface area contributed by atoms with E-state index in [1.54, 1.807) is 6.07 Å². The molecule has 15 heavy (non-hydrogen) atoms. The second kappa shape index (κ2) is 4.30. The number of benzene rings is 1.